The molecule has 0 saturated carbocycles. The predicted molar refractivity (Wildman–Crippen MR) is 87.3 cm³/mol. The van der Waals surface area contributed by atoms with E-state index in [2.05, 4.69) is 5.32 Å². The average molecular weight is 321 g/mol. The molecule has 0 spiro atoms. The normalized spacial score (nSPS) is 9.46. The summed E-state index contributed by atoms with van der Waals surface area (Å²) in [5.74, 6) is 0.293. The minimum absolute atomic E-state index is 0.227. The van der Waals surface area contributed by atoms with Crippen molar-refractivity contribution in [2.45, 2.75) is 13.0 Å². The van der Waals surface area contributed by atoms with Gasteiger partial charge in [0.1, 0.15) is 19.1 Å². The van der Waals surface area contributed by atoms with E-state index in [0.717, 1.165) is 5.56 Å². The highest BCUT2D eigenvalue weighted by Gasteiger charge is 2.14. The maximum absolute atomic E-state index is 11.6. The van der Waals surface area contributed by atoms with Gasteiger partial charge in [0.2, 0.25) is 5.91 Å². The Morgan fingerprint density at radius 3 is 2.54 bits per heavy atom. The summed E-state index contributed by atoms with van der Waals surface area (Å²) in [6.07, 6.45) is -0.295. The van der Waals surface area contributed by atoms with Crippen molar-refractivity contribution in [1.82, 2.24) is 0 Å². The number of benzene rings is 2. The van der Waals surface area contributed by atoms with Crippen LogP contribution in [0.4, 0.5) is 5.69 Å². The van der Waals surface area contributed by atoms with Gasteiger partial charge in [0.25, 0.3) is 0 Å². The fraction of sp³-hybridized carbons (Fsp3) is 0.167. The van der Waals surface area contributed by atoms with E-state index in [0.29, 0.717) is 18.1 Å². The van der Waals surface area contributed by atoms with Crippen LogP contribution in [0.3, 0.4) is 0 Å². The topological polar surface area (TPSA) is 95.1 Å². The maximum Gasteiger partial charge on any atom is 0.238 e. The molecular weight excluding hydrogens is 306 g/mol. The number of amides is 1. The Morgan fingerprint density at radius 1 is 1.17 bits per heavy atom. The van der Waals surface area contributed by atoms with Crippen LogP contribution in [0, 0.1) is 22.7 Å². The molecule has 0 aliphatic carbocycles. The summed E-state index contributed by atoms with van der Waals surface area (Å²) in [7, 11) is 1.47. The molecule has 0 fully saturated rings. The Hall–Kier alpha value is -3.51. The standard InChI is InChI=1S/C18H15N3O3/c1-23-16-9-14(11-20)15(21-18(22)7-8-19)10-17(16)24-12-13-5-3-2-4-6-13/h2-6,9-10H,7,12H2,1H3,(H,21,22). The molecule has 24 heavy (non-hydrogen) atoms. The molecular formula is C18H15N3O3. The Kier molecular flexibility index (Phi) is 5.76. The van der Waals surface area contributed by atoms with Crippen molar-refractivity contribution in [3.8, 4) is 23.6 Å². The molecule has 1 N–H and O–H groups in total. The Bertz CT molecular complexity index is 805. The van der Waals surface area contributed by atoms with Crippen LogP contribution in [0.1, 0.15) is 17.5 Å². The van der Waals surface area contributed by atoms with Crippen LogP contribution in [0.15, 0.2) is 42.5 Å². The van der Waals surface area contributed by atoms with Gasteiger partial charge in [-0.1, -0.05) is 30.3 Å². The monoisotopic (exact) mass is 321 g/mol. The number of anilines is 1. The number of ether oxygens (including phenoxy) is 2. The van der Waals surface area contributed by atoms with Gasteiger partial charge in [-0.25, -0.2) is 0 Å². The van der Waals surface area contributed by atoms with Crippen molar-refractivity contribution >= 4 is 11.6 Å². The van der Waals surface area contributed by atoms with Gasteiger partial charge >= 0.3 is 0 Å². The third kappa shape index (κ3) is 4.25. The third-order valence-electron chi connectivity index (χ3n) is 3.18. The zero-order chi connectivity index (χ0) is 17.4. The van der Waals surface area contributed by atoms with E-state index < -0.39 is 5.91 Å². The van der Waals surface area contributed by atoms with Crippen LogP contribution in [-0.2, 0) is 11.4 Å². The first kappa shape index (κ1) is 16.9. The van der Waals surface area contributed by atoms with E-state index >= 15 is 0 Å². The Balaban J connectivity index is 2.27. The van der Waals surface area contributed by atoms with Gasteiger partial charge < -0.3 is 14.8 Å². The van der Waals surface area contributed by atoms with Gasteiger partial charge in [0, 0.05) is 12.1 Å². The molecule has 0 aliphatic heterocycles. The lowest BCUT2D eigenvalue weighted by atomic mass is 10.1. The molecule has 2 aromatic carbocycles. The summed E-state index contributed by atoms with van der Waals surface area (Å²) in [6.45, 7) is 0.314. The van der Waals surface area contributed by atoms with Crippen molar-refractivity contribution in [3.63, 3.8) is 0 Å². The molecule has 120 valence electrons. The summed E-state index contributed by atoms with van der Waals surface area (Å²) < 4.78 is 11.0. The van der Waals surface area contributed by atoms with Crippen LogP contribution >= 0.6 is 0 Å². The highest BCUT2D eigenvalue weighted by Crippen LogP contribution is 2.34. The van der Waals surface area contributed by atoms with Crippen LogP contribution in [0.25, 0.3) is 0 Å². The third-order valence-corrected chi connectivity index (χ3v) is 3.18. The Labute approximate surface area is 139 Å². The number of carbonyl (C=O) groups excluding carboxylic acids is 1. The summed E-state index contributed by atoms with van der Waals surface area (Å²) >= 11 is 0. The van der Waals surface area contributed by atoms with E-state index in [4.69, 9.17) is 14.7 Å². The largest absolute Gasteiger partial charge is 0.493 e. The number of hydrogen-bond acceptors (Lipinski definition) is 5. The number of nitrogens with one attached hydrogen (secondary N) is 1. The molecule has 0 aromatic heterocycles. The van der Waals surface area contributed by atoms with Gasteiger partial charge in [-0.15, -0.1) is 0 Å². The predicted octanol–water partition coefficient (Wildman–Crippen LogP) is 3.00. The summed E-state index contributed by atoms with van der Waals surface area (Å²) in [5, 5.41) is 20.3. The Morgan fingerprint density at radius 2 is 1.92 bits per heavy atom. The van der Waals surface area contributed by atoms with Crippen molar-refractivity contribution in [1.29, 1.82) is 10.5 Å². The summed E-state index contributed by atoms with van der Waals surface area (Å²) in [5.41, 5.74) is 1.48. The molecule has 2 rings (SSSR count). The van der Waals surface area contributed by atoms with E-state index in [9.17, 15) is 10.1 Å². The average Bonchev–Trinajstić information content (AvgIpc) is 2.61. The maximum atomic E-state index is 11.6. The first-order chi connectivity index (χ1) is 11.7. The number of nitrogens with zero attached hydrogens (tertiary/aromatic N) is 2. The second-order valence-corrected chi connectivity index (χ2v) is 4.82. The zero-order valence-electron chi connectivity index (χ0n) is 13.1. The summed E-state index contributed by atoms with van der Waals surface area (Å²) in [4.78, 5) is 11.6. The molecule has 0 heterocycles. The number of rotatable bonds is 6. The number of nitriles is 2. The summed E-state index contributed by atoms with van der Waals surface area (Å²) in [6, 6.07) is 16.3. The van der Waals surface area contributed by atoms with Crippen molar-refractivity contribution < 1.29 is 14.3 Å². The fourth-order valence-corrected chi connectivity index (χ4v) is 2.03. The lowest BCUT2D eigenvalue weighted by Crippen LogP contribution is -2.12. The molecule has 0 saturated heterocycles. The minimum Gasteiger partial charge on any atom is -0.493 e. The van der Waals surface area contributed by atoms with Gasteiger partial charge in [-0.05, 0) is 5.56 Å². The SMILES string of the molecule is COc1cc(C#N)c(NC(=O)CC#N)cc1OCc1ccccc1. The highest BCUT2D eigenvalue weighted by atomic mass is 16.5. The fourth-order valence-electron chi connectivity index (χ4n) is 2.03. The quantitative estimate of drug-likeness (QED) is 0.882. The molecule has 0 aliphatic rings. The lowest BCUT2D eigenvalue weighted by molar-refractivity contribution is -0.115. The second kappa shape index (κ2) is 8.21. The molecule has 0 bridgehead atoms. The van der Waals surface area contributed by atoms with E-state index in [1.807, 2.05) is 36.4 Å². The number of carbonyl (C=O) groups is 1. The lowest BCUT2D eigenvalue weighted by Gasteiger charge is -2.14. The van der Waals surface area contributed by atoms with E-state index in [-0.39, 0.29) is 17.7 Å². The molecule has 6 nitrogen and oxygen atoms in total. The van der Waals surface area contributed by atoms with Crippen LogP contribution in [0.5, 0.6) is 11.5 Å². The van der Waals surface area contributed by atoms with Gasteiger partial charge in [0.05, 0.1) is 24.4 Å². The van der Waals surface area contributed by atoms with Gasteiger partial charge in [0.15, 0.2) is 11.5 Å². The second-order valence-electron chi connectivity index (χ2n) is 4.82. The number of methoxy groups -OCH3 is 1. The van der Waals surface area contributed by atoms with Crippen molar-refractivity contribution in [2.24, 2.45) is 0 Å². The first-order valence-corrected chi connectivity index (χ1v) is 7.13. The zero-order valence-corrected chi connectivity index (χ0v) is 13.1. The molecule has 0 atom stereocenters. The highest BCUT2D eigenvalue weighted by molar-refractivity contribution is 5.93. The van der Waals surface area contributed by atoms with E-state index in [1.54, 1.807) is 6.07 Å². The molecule has 0 unspecified atom stereocenters. The molecule has 0 radical (unpaired) electrons. The molecule has 2 aromatic rings. The van der Waals surface area contributed by atoms with Gasteiger partial charge in [-0.3, -0.25) is 4.79 Å². The molecule has 1 amide bonds. The van der Waals surface area contributed by atoms with Crippen molar-refractivity contribution in [2.75, 3.05) is 12.4 Å². The smallest absolute Gasteiger partial charge is 0.238 e. The van der Waals surface area contributed by atoms with Crippen LogP contribution in [-0.4, -0.2) is 13.0 Å². The van der Waals surface area contributed by atoms with Gasteiger partial charge in [-0.2, -0.15) is 10.5 Å². The van der Waals surface area contributed by atoms with Crippen LogP contribution in [0.2, 0.25) is 0 Å². The first-order valence-electron chi connectivity index (χ1n) is 7.13. The minimum atomic E-state index is -0.492. The molecule has 6 heteroatoms. The van der Waals surface area contributed by atoms with Crippen LogP contribution < -0.4 is 14.8 Å². The number of hydrogen-bond donors (Lipinski definition) is 1. The van der Waals surface area contributed by atoms with E-state index in [1.165, 1.54) is 19.2 Å². The van der Waals surface area contributed by atoms with Crippen molar-refractivity contribution in [3.05, 3.63) is 53.6 Å².